The van der Waals surface area contributed by atoms with Crippen LogP contribution in [-0.4, -0.2) is 65.1 Å². The smallest absolute Gasteiger partial charge is 0.225 e. The van der Waals surface area contributed by atoms with Gasteiger partial charge >= 0.3 is 0 Å². The molecule has 4 heterocycles. The lowest BCUT2D eigenvalue weighted by Gasteiger charge is -2.35. The highest BCUT2D eigenvalue weighted by Crippen LogP contribution is 2.18. The van der Waals surface area contributed by atoms with Crippen LogP contribution in [0.2, 0.25) is 0 Å². The zero-order valence-corrected chi connectivity index (χ0v) is 19.0. The number of halogens is 1. The van der Waals surface area contributed by atoms with Gasteiger partial charge in [-0.2, -0.15) is 0 Å². The SMILES string of the molecule is I.NC(=NCc1ccnc(N2CCCCC2)c1)N1CCN(c2ncccn2)CC1. The molecule has 0 radical (unpaired) electrons. The predicted octanol–water partition coefficient (Wildman–Crippen LogP) is 2.12. The highest BCUT2D eigenvalue weighted by atomic mass is 127. The molecular formula is C20H29IN8. The highest BCUT2D eigenvalue weighted by Gasteiger charge is 2.20. The number of nitrogens with zero attached hydrogens (tertiary/aromatic N) is 7. The molecule has 0 saturated carbocycles. The number of piperidine rings is 1. The van der Waals surface area contributed by atoms with E-state index in [4.69, 9.17) is 5.73 Å². The van der Waals surface area contributed by atoms with Crippen LogP contribution in [0.25, 0.3) is 0 Å². The van der Waals surface area contributed by atoms with Crippen LogP contribution in [-0.2, 0) is 6.54 Å². The molecule has 0 atom stereocenters. The molecule has 0 amide bonds. The van der Waals surface area contributed by atoms with Crippen molar-refractivity contribution < 1.29 is 0 Å². The third-order valence-corrected chi connectivity index (χ3v) is 5.35. The van der Waals surface area contributed by atoms with Crippen LogP contribution >= 0.6 is 24.0 Å². The van der Waals surface area contributed by atoms with Gasteiger partial charge in [-0.05, 0) is 43.0 Å². The van der Waals surface area contributed by atoms with Crippen molar-refractivity contribution in [1.29, 1.82) is 0 Å². The van der Waals surface area contributed by atoms with Crippen LogP contribution < -0.4 is 15.5 Å². The molecule has 0 unspecified atom stereocenters. The van der Waals surface area contributed by atoms with Gasteiger partial charge in [0.05, 0.1) is 6.54 Å². The number of aromatic nitrogens is 3. The molecule has 2 aromatic rings. The first-order valence-corrected chi connectivity index (χ1v) is 10.1. The summed E-state index contributed by atoms with van der Waals surface area (Å²) in [6.45, 7) is 6.10. The van der Waals surface area contributed by atoms with E-state index >= 15 is 0 Å². The summed E-state index contributed by atoms with van der Waals surface area (Å²) in [5.41, 5.74) is 7.41. The Hall–Kier alpha value is -2.17. The first kappa shape index (κ1) is 21.5. The van der Waals surface area contributed by atoms with Crippen molar-refractivity contribution in [2.75, 3.05) is 49.1 Å². The minimum absolute atomic E-state index is 0. The second kappa shape index (κ2) is 10.6. The Bertz CT molecular complexity index is 786. The van der Waals surface area contributed by atoms with Crippen LogP contribution in [0.5, 0.6) is 0 Å². The molecule has 2 aromatic heterocycles. The first-order valence-electron chi connectivity index (χ1n) is 10.1. The van der Waals surface area contributed by atoms with Crippen molar-refractivity contribution in [2.24, 2.45) is 10.7 Å². The molecule has 2 fully saturated rings. The van der Waals surface area contributed by atoms with E-state index in [1.54, 1.807) is 12.4 Å². The zero-order chi connectivity index (χ0) is 19.2. The van der Waals surface area contributed by atoms with Crippen molar-refractivity contribution in [3.63, 3.8) is 0 Å². The van der Waals surface area contributed by atoms with Gasteiger partial charge in [-0.1, -0.05) is 0 Å². The van der Waals surface area contributed by atoms with Crippen molar-refractivity contribution >= 4 is 41.7 Å². The normalized spacial score (nSPS) is 17.8. The Kier molecular flexibility index (Phi) is 7.84. The van der Waals surface area contributed by atoms with Crippen LogP contribution in [0.3, 0.4) is 0 Å². The third-order valence-electron chi connectivity index (χ3n) is 5.35. The maximum Gasteiger partial charge on any atom is 0.225 e. The third kappa shape index (κ3) is 5.68. The van der Waals surface area contributed by atoms with Gasteiger partial charge in [0, 0.05) is 57.9 Å². The summed E-state index contributed by atoms with van der Waals surface area (Å²) in [5.74, 6) is 2.44. The molecule has 2 N–H and O–H groups in total. The van der Waals surface area contributed by atoms with Crippen LogP contribution in [0.15, 0.2) is 41.8 Å². The fourth-order valence-electron chi connectivity index (χ4n) is 3.72. The molecule has 29 heavy (non-hydrogen) atoms. The predicted molar refractivity (Wildman–Crippen MR) is 127 cm³/mol. The molecule has 8 nitrogen and oxygen atoms in total. The van der Waals surface area contributed by atoms with Gasteiger partial charge < -0.3 is 20.4 Å². The largest absolute Gasteiger partial charge is 0.370 e. The van der Waals surface area contributed by atoms with Crippen molar-refractivity contribution in [2.45, 2.75) is 25.8 Å². The van der Waals surface area contributed by atoms with E-state index in [1.165, 1.54) is 19.3 Å². The lowest BCUT2D eigenvalue weighted by molar-refractivity contribution is 0.378. The second-order valence-electron chi connectivity index (χ2n) is 7.27. The molecular weight excluding hydrogens is 479 g/mol. The summed E-state index contributed by atoms with van der Waals surface area (Å²) < 4.78 is 0. The Labute approximate surface area is 189 Å². The molecule has 2 aliphatic heterocycles. The monoisotopic (exact) mass is 508 g/mol. The average molecular weight is 508 g/mol. The van der Waals surface area contributed by atoms with Crippen molar-refractivity contribution in [3.05, 3.63) is 42.4 Å². The number of nitrogens with two attached hydrogens (primary N) is 1. The quantitative estimate of drug-likeness (QED) is 0.385. The Morgan fingerprint density at radius 2 is 1.62 bits per heavy atom. The zero-order valence-electron chi connectivity index (χ0n) is 16.7. The van der Waals surface area contributed by atoms with Gasteiger partial charge in [0.1, 0.15) is 5.82 Å². The van der Waals surface area contributed by atoms with E-state index in [9.17, 15) is 0 Å². The lowest BCUT2D eigenvalue weighted by Crippen LogP contribution is -2.51. The van der Waals surface area contributed by atoms with Gasteiger partial charge in [-0.15, -0.1) is 24.0 Å². The minimum Gasteiger partial charge on any atom is -0.370 e. The topological polar surface area (TPSA) is 86.8 Å². The summed E-state index contributed by atoms with van der Waals surface area (Å²) in [6.07, 6.45) is 9.24. The van der Waals surface area contributed by atoms with Crippen molar-refractivity contribution in [1.82, 2.24) is 19.9 Å². The number of anilines is 2. The molecule has 2 aliphatic rings. The summed E-state index contributed by atoms with van der Waals surface area (Å²) in [4.78, 5) is 24.5. The number of guanidine groups is 1. The maximum atomic E-state index is 6.26. The molecule has 0 aromatic carbocycles. The lowest BCUT2D eigenvalue weighted by atomic mass is 10.1. The maximum absolute atomic E-state index is 6.26. The number of pyridine rings is 1. The summed E-state index contributed by atoms with van der Waals surface area (Å²) in [7, 11) is 0. The van der Waals surface area contributed by atoms with E-state index in [-0.39, 0.29) is 24.0 Å². The van der Waals surface area contributed by atoms with Crippen LogP contribution in [0, 0.1) is 0 Å². The Morgan fingerprint density at radius 1 is 0.897 bits per heavy atom. The summed E-state index contributed by atoms with van der Waals surface area (Å²) in [5, 5.41) is 0. The molecule has 0 bridgehead atoms. The van der Waals surface area contributed by atoms with Gasteiger partial charge in [0.25, 0.3) is 0 Å². The molecule has 0 spiro atoms. The average Bonchev–Trinajstić information content (AvgIpc) is 2.79. The summed E-state index contributed by atoms with van der Waals surface area (Å²) >= 11 is 0. The molecule has 0 aliphatic carbocycles. The van der Waals surface area contributed by atoms with Gasteiger partial charge in [0.2, 0.25) is 5.95 Å². The number of rotatable bonds is 4. The highest BCUT2D eigenvalue weighted by molar-refractivity contribution is 14.0. The number of aliphatic imine (C=N–C) groups is 1. The second-order valence-corrected chi connectivity index (χ2v) is 7.27. The Balaban J connectivity index is 0.00000240. The summed E-state index contributed by atoms with van der Waals surface area (Å²) in [6, 6.07) is 6.00. The van der Waals surface area contributed by atoms with E-state index < -0.39 is 0 Å². The van der Waals surface area contributed by atoms with E-state index in [1.807, 2.05) is 18.3 Å². The Morgan fingerprint density at radius 3 is 2.34 bits per heavy atom. The fourth-order valence-corrected chi connectivity index (χ4v) is 3.72. The van der Waals surface area contributed by atoms with E-state index in [2.05, 4.69) is 40.7 Å². The molecule has 156 valence electrons. The standard InChI is InChI=1S/C20H28N8.HI/c21-19(27-11-13-28(14-12-27)20-23-6-4-7-24-20)25-16-17-5-8-22-18(15-17)26-9-2-1-3-10-26;/h4-8,15H,1-3,9-14,16H2,(H2,21,25);1H. The molecule has 9 heteroatoms. The van der Waals surface area contributed by atoms with E-state index in [0.717, 1.165) is 56.6 Å². The molecule has 4 rings (SSSR count). The van der Waals surface area contributed by atoms with Crippen molar-refractivity contribution in [3.8, 4) is 0 Å². The van der Waals surface area contributed by atoms with Crippen LogP contribution in [0.4, 0.5) is 11.8 Å². The molecule has 2 saturated heterocycles. The van der Waals surface area contributed by atoms with Gasteiger partial charge in [0.15, 0.2) is 5.96 Å². The fraction of sp³-hybridized carbons (Fsp3) is 0.500. The minimum atomic E-state index is 0. The first-order chi connectivity index (χ1) is 13.8. The number of piperazine rings is 1. The van der Waals surface area contributed by atoms with Gasteiger partial charge in [-0.3, -0.25) is 0 Å². The van der Waals surface area contributed by atoms with Gasteiger partial charge in [-0.25, -0.2) is 19.9 Å². The van der Waals surface area contributed by atoms with Crippen LogP contribution in [0.1, 0.15) is 24.8 Å². The van der Waals surface area contributed by atoms with E-state index in [0.29, 0.717) is 12.5 Å². The number of hydrogen-bond acceptors (Lipinski definition) is 6. The number of hydrogen-bond donors (Lipinski definition) is 1.